The number of nitrogens with zero attached hydrogens (tertiary/aromatic N) is 2. The van der Waals surface area contributed by atoms with Crippen molar-refractivity contribution in [3.63, 3.8) is 0 Å². The van der Waals surface area contributed by atoms with Gasteiger partial charge in [0.1, 0.15) is 5.54 Å². The van der Waals surface area contributed by atoms with Crippen molar-refractivity contribution in [2.45, 2.75) is 52.6 Å². The van der Waals surface area contributed by atoms with Gasteiger partial charge in [-0.3, -0.25) is 10.2 Å². The number of hydrogen-bond donors (Lipinski definition) is 1. The summed E-state index contributed by atoms with van der Waals surface area (Å²) < 4.78 is 0. The molecule has 0 saturated carbocycles. The lowest BCUT2D eigenvalue weighted by Gasteiger charge is -2.43. The standard InChI is InChI=1S/C14H27N3/c1-6-16-14(5,9-15)10-17-8-11(2)7-12(3)13(17)4/h11-13,16H,6-8,10H2,1-5H3. The average Bonchev–Trinajstić information content (AvgIpc) is 2.25. The molecular weight excluding hydrogens is 210 g/mol. The van der Waals surface area contributed by atoms with Crippen LogP contribution in [0.1, 0.15) is 41.0 Å². The molecule has 0 amide bonds. The van der Waals surface area contributed by atoms with Crippen molar-refractivity contribution in [2.75, 3.05) is 19.6 Å². The highest BCUT2D eigenvalue weighted by Gasteiger charge is 2.34. The zero-order valence-electron chi connectivity index (χ0n) is 12.0. The van der Waals surface area contributed by atoms with E-state index in [0.29, 0.717) is 6.04 Å². The molecule has 1 aliphatic rings. The Kier molecular flexibility index (Phi) is 4.97. The Bertz CT molecular complexity index is 284. The van der Waals surface area contributed by atoms with Gasteiger partial charge in [-0.05, 0) is 38.6 Å². The number of likely N-dealkylation sites (tertiary alicyclic amines) is 1. The Balaban J connectivity index is 2.68. The molecule has 0 aromatic carbocycles. The van der Waals surface area contributed by atoms with Crippen molar-refractivity contribution < 1.29 is 0 Å². The van der Waals surface area contributed by atoms with Crippen LogP contribution < -0.4 is 5.32 Å². The van der Waals surface area contributed by atoms with Gasteiger partial charge in [-0.15, -0.1) is 0 Å². The number of nitriles is 1. The second-order valence-electron chi connectivity index (χ2n) is 5.96. The lowest BCUT2D eigenvalue weighted by atomic mass is 9.85. The predicted molar refractivity (Wildman–Crippen MR) is 71.7 cm³/mol. The molecule has 98 valence electrons. The van der Waals surface area contributed by atoms with Crippen LogP contribution in [0.5, 0.6) is 0 Å². The summed E-state index contributed by atoms with van der Waals surface area (Å²) in [6.45, 7) is 13.8. The molecule has 1 fully saturated rings. The van der Waals surface area contributed by atoms with Crippen LogP contribution in [-0.2, 0) is 0 Å². The normalized spacial score (nSPS) is 34.0. The minimum atomic E-state index is -0.417. The number of hydrogen-bond acceptors (Lipinski definition) is 3. The van der Waals surface area contributed by atoms with E-state index in [2.05, 4.69) is 44.0 Å². The van der Waals surface area contributed by atoms with Gasteiger partial charge in [0, 0.05) is 19.1 Å². The van der Waals surface area contributed by atoms with E-state index >= 15 is 0 Å². The highest BCUT2D eigenvalue weighted by molar-refractivity contribution is 5.06. The van der Waals surface area contributed by atoms with Crippen LogP contribution in [0.3, 0.4) is 0 Å². The summed E-state index contributed by atoms with van der Waals surface area (Å²) in [7, 11) is 0. The molecule has 0 radical (unpaired) electrons. The molecule has 3 heteroatoms. The molecule has 1 N–H and O–H groups in total. The Hall–Kier alpha value is -0.590. The molecule has 0 aromatic heterocycles. The molecule has 4 unspecified atom stereocenters. The first-order chi connectivity index (χ1) is 7.91. The van der Waals surface area contributed by atoms with Crippen molar-refractivity contribution in [1.82, 2.24) is 10.2 Å². The molecular formula is C14H27N3. The van der Waals surface area contributed by atoms with Crippen LogP contribution in [0, 0.1) is 23.2 Å². The summed E-state index contributed by atoms with van der Waals surface area (Å²) in [5.74, 6) is 1.47. The third-order valence-electron chi connectivity index (χ3n) is 4.05. The molecule has 1 saturated heterocycles. The van der Waals surface area contributed by atoms with E-state index < -0.39 is 5.54 Å². The van der Waals surface area contributed by atoms with E-state index in [1.807, 2.05) is 6.92 Å². The van der Waals surface area contributed by atoms with Crippen molar-refractivity contribution in [3.05, 3.63) is 0 Å². The number of nitrogens with one attached hydrogen (secondary N) is 1. The summed E-state index contributed by atoms with van der Waals surface area (Å²) in [5, 5.41) is 12.6. The predicted octanol–water partition coefficient (Wildman–Crippen LogP) is 2.24. The van der Waals surface area contributed by atoms with Gasteiger partial charge in [-0.25, -0.2) is 0 Å². The maximum atomic E-state index is 9.33. The van der Waals surface area contributed by atoms with Crippen LogP contribution in [0.4, 0.5) is 0 Å². The van der Waals surface area contributed by atoms with Crippen LogP contribution in [0.2, 0.25) is 0 Å². The van der Waals surface area contributed by atoms with E-state index in [1.54, 1.807) is 0 Å². The Morgan fingerprint density at radius 2 is 2.06 bits per heavy atom. The van der Waals surface area contributed by atoms with E-state index in [-0.39, 0.29) is 0 Å². The quantitative estimate of drug-likeness (QED) is 0.815. The monoisotopic (exact) mass is 237 g/mol. The molecule has 17 heavy (non-hydrogen) atoms. The van der Waals surface area contributed by atoms with Crippen LogP contribution in [0.15, 0.2) is 0 Å². The second-order valence-corrected chi connectivity index (χ2v) is 5.96. The van der Waals surface area contributed by atoms with E-state index in [4.69, 9.17) is 0 Å². The van der Waals surface area contributed by atoms with Gasteiger partial charge in [-0.2, -0.15) is 5.26 Å². The molecule has 1 rings (SSSR count). The summed E-state index contributed by atoms with van der Waals surface area (Å²) in [6.07, 6.45) is 1.31. The first-order valence-electron chi connectivity index (χ1n) is 6.82. The van der Waals surface area contributed by atoms with Gasteiger partial charge < -0.3 is 0 Å². The lowest BCUT2D eigenvalue weighted by molar-refractivity contribution is 0.0633. The Morgan fingerprint density at radius 1 is 1.41 bits per heavy atom. The highest BCUT2D eigenvalue weighted by atomic mass is 15.2. The largest absolute Gasteiger partial charge is 0.299 e. The smallest absolute Gasteiger partial charge is 0.116 e. The van der Waals surface area contributed by atoms with Crippen LogP contribution in [0.25, 0.3) is 0 Å². The fourth-order valence-electron chi connectivity index (χ4n) is 2.97. The first kappa shape index (κ1) is 14.5. The van der Waals surface area contributed by atoms with Crippen molar-refractivity contribution in [1.29, 1.82) is 5.26 Å². The molecule has 0 spiro atoms. The van der Waals surface area contributed by atoms with Crippen LogP contribution >= 0.6 is 0 Å². The fraction of sp³-hybridized carbons (Fsp3) is 0.929. The minimum absolute atomic E-state index is 0.417. The SMILES string of the molecule is CCNC(C)(C#N)CN1CC(C)CC(C)C1C. The van der Waals surface area contributed by atoms with Crippen molar-refractivity contribution in [3.8, 4) is 6.07 Å². The molecule has 0 aromatic rings. The first-order valence-corrected chi connectivity index (χ1v) is 6.82. The Labute approximate surface area is 106 Å². The molecule has 4 atom stereocenters. The minimum Gasteiger partial charge on any atom is -0.299 e. The van der Waals surface area contributed by atoms with Gasteiger partial charge in [0.15, 0.2) is 0 Å². The van der Waals surface area contributed by atoms with Gasteiger partial charge in [-0.1, -0.05) is 20.8 Å². The molecule has 1 aliphatic heterocycles. The maximum Gasteiger partial charge on any atom is 0.116 e. The van der Waals surface area contributed by atoms with E-state index in [9.17, 15) is 5.26 Å². The second kappa shape index (κ2) is 5.84. The number of rotatable bonds is 4. The molecule has 0 bridgehead atoms. The number of likely N-dealkylation sites (N-methyl/N-ethyl adjacent to an activating group) is 1. The summed E-state index contributed by atoms with van der Waals surface area (Å²) in [6, 6.07) is 3.01. The van der Waals surface area contributed by atoms with Crippen molar-refractivity contribution >= 4 is 0 Å². The summed E-state index contributed by atoms with van der Waals surface area (Å²) >= 11 is 0. The zero-order chi connectivity index (χ0) is 13.1. The van der Waals surface area contributed by atoms with Gasteiger partial charge in [0.2, 0.25) is 0 Å². The third-order valence-corrected chi connectivity index (χ3v) is 4.05. The topological polar surface area (TPSA) is 39.1 Å². The van der Waals surface area contributed by atoms with Gasteiger partial charge in [0.05, 0.1) is 6.07 Å². The Morgan fingerprint density at radius 3 is 2.59 bits per heavy atom. The fourth-order valence-corrected chi connectivity index (χ4v) is 2.97. The third kappa shape index (κ3) is 3.69. The molecule has 0 aliphatic carbocycles. The van der Waals surface area contributed by atoms with E-state index in [0.717, 1.165) is 31.5 Å². The maximum absolute atomic E-state index is 9.33. The molecule has 1 heterocycles. The van der Waals surface area contributed by atoms with Gasteiger partial charge >= 0.3 is 0 Å². The van der Waals surface area contributed by atoms with Crippen LogP contribution in [-0.4, -0.2) is 36.1 Å². The lowest BCUT2D eigenvalue weighted by Crippen LogP contribution is -2.56. The number of piperidine rings is 1. The van der Waals surface area contributed by atoms with Gasteiger partial charge in [0.25, 0.3) is 0 Å². The van der Waals surface area contributed by atoms with Crippen molar-refractivity contribution in [2.24, 2.45) is 11.8 Å². The molecule has 3 nitrogen and oxygen atoms in total. The zero-order valence-corrected chi connectivity index (χ0v) is 12.0. The summed E-state index contributed by atoms with van der Waals surface area (Å²) in [5.41, 5.74) is -0.417. The highest BCUT2D eigenvalue weighted by Crippen LogP contribution is 2.27. The van der Waals surface area contributed by atoms with E-state index in [1.165, 1.54) is 6.42 Å². The summed E-state index contributed by atoms with van der Waals surface area (Å²) in [4.78, 5) is 2.48. The average molecular weight is 237 g/mol.